The Morgan fingerprint density at radius 2 is 2.13 bits per heavy atom. The van der Waals surface area contributed by atoms with Gasteiger partial charge in [-0.1, -0.05) is 36.2 Å². The van der Waals surface area contributed by atoms with Gasteiger partial charge in [0.05, 0.1) is 5.92 Å². The van der Waals surface area contributed by atoms with Crippen LogP contribution in [0.3, 0.4) is 0 Å². The molecule has 0 bridgehead atoms. The van der Waals surface area contributed by atoms with Crippen LogP contribution in [0.4, 0.5) is 0 Å². The maximum absolute atomic E-state index is 10.8. The summed E-state index contributed by atoms with van der Waals surface area (Å²) in [6, 6.07) is 5.13. The summed E-state index contributed by atoms with van der Waals surface area (Å²) in [7, 11) is 0. The standard InChI is InChI=1S/C11H12Cl2O2/c1-2-7(11(14)15)5-8-3-4-9(12)6-10(8)13/h3-4,6-7H,2,5H2,1H3,(H,14,15)/t7-/m1/s1. The highest BCUT2D eigenvalue weighted by Gasteiger charge is 2.16. The van der Waals surface area contributed by atoms with Crippen LogP contribution in [0.5, 0.6) is 0 Å². The van der Waals surface area contributed by atoms with Crippen molar-refractivity contribution in [1.82, 2.24) is 0 Å². The van der Waals surface area contributed by atoms with Crippen molar-refractivity contribution in [2.24, 2.45) is 5.92 Å². The third kappa shape index (κ3) is 3.40. The van der Waals surface area contributed by atoms with Gasteiger partial charge in [0.25, 0.3) is 0 Å². The summed E-state index contributed by atoms with van der Waals surface area (Å²) < 4.78 is 0. The van der Waals surface area contributed by atoms with Crippen LogP contribution in [0.25, 0.3) is 0 Å². The first-order valence-electron chi connectivity index (χ1n) is 4.71. The molecule has 0 saturated heterocycles. The Morgan fingerprint density at radius 1 is 1.47 bits per heavy atom. The summed E-state index contributed by atoms with van der Waals surface area (Å²) in [4.78, 5) is 10.8. The molecule has 0 spiro atoms. The molecule has 1 atom stereocenters. The SMILES string of the molecule is CC[C@H](Cc1ccc(Cl)cc1Cl)C(=O)O. The molecule has 0 aliphatic rings. The normalized spacial score (nSPS) is 12.5. The van der Waals surface area contributed by atoms with E-state index in [1.807, 2.05) is 6.92 Å². The third-order valence-electron chi connectivity index (χ3n) is 2.32. The smallest absolute Gasteiger partial charge is 0.306 e. The number of hydrogen-bond donors (Lipinski definition) is 1. The van der Waals surface area contributed by atoms with Gasteiger partial charge >= 0.3 is 5.97 Å². The minimum absolute atomic E-state index is 0.385. The summed E-state index contributed by atoms with van der Waals surface area (Å²) in [6.07, 6.45) is 1.04. The topological polar surface area (TPSA) is 37.3 Å². The Kier molecular flexibility index (Phi) is 4.43. The summed E-state index contributed by atoms with van der Waals surface area (Å²) >= 11 is 11.7. The number of halogens is 2. The summed E-state index contributed by atoms with van der Waals surface area (Å²) in [5.41, 5.74) is 0.829. The summed E-state index contributed by atoms with van der Waals surface area (Å²) in [5.74, 6) is -1.17. The van der Waals surface area contributed by atoms with Crippen LogP contribution in [0.1, 0.15) is 18.9 Å². The molecule has 1 aromatic rings. The van der Waals surface area contributed by atoms with E-state index in [0.717, 1.165) is 5.56 Å². The lowest BCUT2D eigenvalue weighted by molar-refractivity contribution is -0.141. The van der Waals surface area contributed by atoms with Gasteiger partial charge in [-0.2, -0.15) is 0 Å². The molecule has 0 fully saturated rings. The molecule has 1 aromatic carbocycles. The molecule has 15 heavy (non-hydrogen) atoms. The van der Waals surface area contributed by atoms with Gasteiger partial charge in [-0.05, 0) is 30.5 Å². The lowest BCUT2D eigenvalue weighted by atomic mass is 9.97. The van der Waals surface area contributed by atoms with Crippen LogP contribution in [0.2, 0.25) is 10.0 Å². The third-order valence-corrected chi connectivity index (χ3v) is 2.91. The Morgan fingerprint density at radius 3 is 2.60 bits per heavy atom. The fraction of sp³-hybridized carbons (Fsp3) is 0.364. The molecule has 82 valence electrons. The molecule has 1 rings (SSSR count). The maximum atomic E-state index is 10.8. The molecule has 0 amide bonds. The first kappa shape index (κ1) is 12.3. The molecular formula is C11H12Cl2O2. The molecule has 0 heterocycles. The molecular weight excluding hydrogens is 235 g/mol. The Hall–Kier alpha value is -0.730. The van der Waals surface area contributed by atoms with Crippen LogP contribution in [0, 0.1) is 5.92 Å². The van der Waals surface area contributed by atoms with E-state index in [4.69, 9.17) is 28.3 Å². The summed E-state index contributed by atoms with van der Waals surface area (Å²) in [5, 5.41) is 10.0. The van der Waals surface area contributed by atoms with Crippen LogP contribution in [0.15, 0.2) is 18.2 Å². The number of carboxylic acid groups (broad SMARTS) is 1. The molecule has 0 unspecified atom stereocenters. The zero-order chi connectivity index (χ0) is 11.4. The van der Waals surface area contributed by atoms with Gasteiger partial charge in [0, 0.05) is 10.0 Å². The monoisotopic (exact) mass is 246 g/mol. The number of benzene rings is 1. The molecule has 1 N–H and O–H groups in total. The van der Waals surface area contributed by atoms with Crippen molar-refractivity contribution in [2.45, 2.75) is 19.8 Å². The number of rotatable bonds is 4. The van der Waals surface area contributed by atoms with Crippen molar-refractivity contribution < 1.29 is 9.90 Å². The van der Waals surface area contributed by atoms with Gasteiger partial charge in [-0.25, -0.2) is 0 Å². The minimum atomic E-state index is -0.788. The zero-order valence-corrected chi connectivity index (χ0v) is 9.85. The first-order valence-corrected chi connectivity index (χ1v) is 5.47. The average molecular weight is 247 g/mol. The molecule has 0 aliphatic heterocycles. The Balaban J connectivity index is 2.84. The second-order valence-corrected chi connectivity index (χ2v) is 4.23. The van der Waals surface area contributed by atoms with Gasteiger partial charge < -0.3 is 5.11 Å². The minimum Gasteiger partial charge on any atom is -0.481 e. The van der Waals surface area contributed by atoms with Gasteiger partial charge in [0.2, 0.25) is 0 Å². The van der Waals surface area contributed by atoms with E-state index >= 15 is 0 Å². The Bertz CT molecular complexity index is 364. The molecule has 0 aromatic heterocycles. The van der Waals surface area contributed by atoms with E-state index in [1.54, 1.807) is 18.2 Å². The molecule has 0 aliphatic carbocycles. The predicted octanol–water partition coefficient (Wildman–Crippen LogP) is 3.65. The zero-order valence-electron chi connectivity index (χ0n) is 8.34. The van der Waals surface area contributed by atoms with Crippen molar-refractivity contribution in [3.05, 3.63) is 33.8 Å². The van der Waals surface area contributed by atoms with E-state index in [2.05, 4.69) is 0 Å². The van der Waals surface area contributed by atoms with Gasteiger partial charge in [-0.3, -0.25) is 4.79 Å². The van der Waals surface area contributed by atoms with Crippen LogP contribution in [-0.2, 0) is 11.2 Å². The second-order valence-electron chi connectivity index (χ2n) is 3.38. The maximum Gasteiger partial charge on any atom is 0.306 e. The first-order chi connectivity index (χ1) is 7.04. The van der Waals surface area contributed by atoms with E-state index in [9.17, 15) is 4.79 Å². The van der Waals surface area contributed by atoms with Crippen molar-refractivity contribution in [1.29, 1.82) is 0 Å². The van der Waals surface area contributed by atoms with Crippen molar-refractivity contribution >= 4 is 29.2 Å². The van der Waals surface area contributed by atoms with Crippen LogP contribution in [-0.4, -0.2) is 11.1 Å². The van der Waals surface area contributed by atoms with E-state index in [0.29, 0.717) is 22.9 Å². The van der Waals surface area contributed by atoms with Gasteiger partial charge in [-0.15, -0.1) is 0 Å². The molecule has 2 nitrogen and oxygen atoms in total. The molecule has 0 radical (unpaired) electrons. The average Bonchev–Trinajstić information content (AvgIpc) is 2.16. The van der Waals surface area contributed by atoms with Crippen molar-refractivity contribution in [3.63, 3.8) is 0 Å². The van der Waals surface area contributed by atoms with Crippen molar-refractivity contribution in [3.8, 4) is 0 Å². The van der Waals surface area contributed by atoms with Gasteiger partial charge in [0.15, 0.2) is 0 Å². The Labute approximate surface area is 98.8 Å². The predicted molar refractivity (Wildman–Crippen MR) is 61.6 cm³/mol. The van der Waals surface area contributed by atoms with Crippen molar-refractivity contribution in [2.75, 3.05) is 0 Å². The molecule has 0 saturated carbocycles. The lowest BCUT2D eigenvalue weighted by Gasteiger charge is -2.10. The number of aliphatic carboxylic acids is 1. The van der Waals surface area contributed by atoms with E-state index in [1.165, 1.54) is 0 Å². The van der Waals surface area contributed by atoms with E-state index in [-0.39, 0.29) is 5.92 Å². The van der Waals surface area contributed by atoms with Gasteiger partial charge in [0.1, 0.15) is 0 Å². The quantitative estimate of drug-likeness (QED) is 0.881. The van der Waals surface area contributed by atoms with Crippen LogP contribution >= 0.6 is 23.2 Å². The van der Waals surface area contributed by atoms with E-state index < -0.39 is 5.97 Å². The number of carbonyl (C=O) groups is 1. The number of hydrogen-bond acceptors (Lipinski definition) is 1. The highest BCUT2D eigenvalue weighted by Crippen LogP contribution is 2.24. The summed E-state index contributed by atoms with van der Waals surface area (Å²) in [6.45, 7) is 1.85. The number of carboxylic acids is 1. The lowest BCUT2D eigenvalue weighted by Crippen LogP contribution is -2.15. The second kappa shape index (κ2) is 5.38. The fourth-order valence-corrected chi connectivity index (χ4v) is 1.84. The highest BCUT2D eigenvalue weighted by atomic mass is 35.5. The largest absolute Gasteiger partial charge is 0.481 e. The molecule has 4 heteroatoms. The highest BCUT2D eigenvalue weighted by molar-refractivity contribution is 6.35. The fourth-order valence-electron chi connectivity index (χ4n) is 1.36. The van der Waals surface area contributed by atoms with Crippen LogP contribution < -0.4 is 0 Å².